The van der Waals surface area contributed by atoms with Crippen LogP contribution in [0.15, 0.2) is 47.4 Å². The lowest BCUT2D eigenvalue weighted by molar-refractivity contribution is 0.0785. The van der Waals surface area contributed by atoms with Gasteiger partial charge in [0.2, 0.25) is 5.56 Å². The summed E-state index contributed by atoms with van der Waals surface area (Å²) in [5, 5.41) is 0. The molecular formula is C14H15N3O2. The van der Waals surface area contributed by atoms with E-state index in [4.69, 9.17) is 5.73 Å². The molecule has 1 amide bonds. The number of hydrogen-bond donors (Lipinski definition) is 2. The Hall–Kier alpha value is -2.56. The van der Waals surface area contributed by atoms with Gasteiger partial charge in [-0.05, 0) is 23.8 Å². The van der Waals surface area contributed by atoms with Crippen LogP contribution in [-0.2, 0) is 6.54 Å². The Morgan fingerprint density at radius 3 is 2.58 bits per heavy atom. The summed E-state index contributed by atoms with van der Waals surface area (Å²) in [6.07, 6.45) is 1.46. The smallest absolute Gasteiger partial charge is 0.254 e. The third kappa shape index (κ3) is 3.22. The van der Waals surface area contributed by atoms with Gasteiger partial charge in [-0.2, -0.15) is 0 Å². The molecule has 19 heavy (non-hydrogen) atoms. The third-order valence-corrected chi connectivity index (χ3v) is 2.77. The fraction of sp³-hybridized carbons (Fsp3) is 0.143. The van der Waals surface area contributed by atoms with Crippen LogP contribution in [0.25, 0.3) is 0 Å². The van der Waals surface area contributed by atoms with Gasteiger partial charge in [0, 0.05) is 37.1 Å². The quantitative estimate of drug-likeness (QED) is 0.812. The molecule has 5 heteroatoms. The summed E-state index contributed by atoms with van der Waals surface area (Å²) in [4.78, 5) is 27.3. The number of nitrogens with one attached hydrogen (secondary N) is 1. The van der Waals surface area contributed by atoms with Crippen molar-refractivity contribution in [1.29, 1.82) is 0 Å². The van der Waals surface area contributed by atoms with Gasteiger partial charge in [-0.3, -0.25) is 9.59 Å². The molecule has 0 radical (unpaired) electrons. The standard InChI is InChI=1S/C14H15N3O2/c1-17(9-10-2-4-12(15)5-3-10)14(19)11-6-7-16-13(18)8-11/h2-8H,9,15H2,1H3,(H,16,18). The molecule has 1 aromatic carbocycles. The molecule has 1 heterocycles. The minimum atomic E-state index is -0.285. The molecule has 0 aliphatic rings. The van der Waals surface area contributed by atoms with Gasteiger partial charge in [0.1, 0.15) is 0 Å². The van der Waals surface area contributed by atoms with Crippen molar-refractivity contribution in [3.05, 3.63) is 64.1 Å². The average Bonchev–Trinajstić information content (AvgIpc) is 2.40. The number of pyridine rings is 1. The fourth-order valence-corrected chi connectivity index (χ4v) is 1.77. The lowest BCUT2D eigenvalue weighted by Crippen LogP contribution is -2.27. The van der Waals surface area contributed by atoms with Crippen molar-refractivity contribution in [3.63, 3.8) is 0 Å². The van der Waals surface area contributed by atoms with Gasteiger partial charge < -0.3 is 15.6 Å². The highest BCUT2D eigenvalue weighted by molar-refractivity contribution is 5.93. The number of nitrogens with two attached hydrogens (primary N) is 1. The van der Waals surface area contributed by atoms with Crippen molar-refractivity contribution >= 4 is 11.6 Å². The topological polar surface area (TPSA) is 79.2 Å². The van der Waals surface area contributed by atoms with Crippen molar-refractivity contribution in [2.75, 3.05) is 12.8 Å². The molecule has 0 aliphatic heterocycles. The van der Waals surface area contributed by atoms with Crippen molar-refractivity contribution < 1.29 is 4.79 Å². The van der Waals surface area contributed by atoms with Crippen LogP contribution >= 0.6 is 0 Å². The molecule has 0 unspecified atom stereocenters. The second-order valence-corrected chi connectivity index (χ2v) is 4.34. The largest absolute Gasteiger partial charge is 0.399 e. The number of rotatable bonds is 3. The molecule has 0 spiro atoms. The first-order valence-corrected chi connectivity index (χ1v) is 5.85. The number of carbonyl (C=O) groups is 1. The Kier molecular flexibility index (Phi) is 3.66. The zero-order valence-electron chi connectivity index (χ0n) is 10.6. The van der Waals surface area contributed by atoms with Crippen LogP contribution in [0.5, 0.6) is 0 Å². The van der Waals surface area contributed by atoms with Gasteiger partial charge in [-0.15, -0.1) is 0 Å². The van der Waals surface area contributed by atoms with Gasteiger partial charge in [0.05, 0.1) is 0 Å². The lowest BCUT2D eigenvalue weighted by Gasteiger charge is -2.17. The monoisotopic (exact) mass is 257 g/mol. The summed E-state index contributed by atoms with van der Waals surface area (Å²) < 4.78 is 0. The maximum Gasteiger partial charge on any atom is 0.254 e. The Bertz CT molecular complexity index is 632. The predicted octanol–water partition coefficient (Wildman–Crippen LogP) is 1.23. The van der Waals surface area contributed by atoms with Crippen molar-refractivity contribution in [3.8, 4) is 0 Å². The zero-order valence-corrected chi connectivity index (χ0v) is 10.6. The summed E-state index contributed by atoms with van der Waals surface area (Å²) in [7, 11) is 1.69. The molecule has 98 valence electrons. The number of nitrogen functional groups attached to an aromatic ring is 1. The van der Waals surface area contributed by atoms with E-state index in [1.807, 2.05) is 12.1 Å². The van der Waals surface area contributed by atoms with Crippen molar-refractivity contribution in [1.82, 2.24) is 9.88 Å². The maximum atomic E-state index is 12.1. The van der Waals surface area contributed by atoms with Gasteiger partial charge in [-0.1, -0.05) is 12.1 Å². The van der Waals surface area contributed by atoms with Gasteiger partial charge in [0.25, 0.3) is 5.91 Å². The van der Waals surface area contributed by atoms with Crippen LogP contribution in [-0.4, -0.2) is 22.8 Å². The number of H-pyrrole nitrogens is 1. The number of nitrogens with zero attached hydrogens (tertiary/aromatic N) is 1. The zero-order chi connectivity index (χ0) is 13.8. The van der Waals surface area contributed by atoms with Gasteiger partial charge >= 0.3 is 0 Å². The van der Waals surface area contributed by atoms with Crippen LogP contribution < -0.4 is 11.3 Å². The van der Waals surface area contributed by atoms with Gasteiger partial charge in [-0.25, -0.2) is 0 Å². The molecule has 1 aromatic heterocycles. The SMILES string of the molecule is CN(Cc1ccc(N)cc1)C(=O)c1cc[nH]c(=O)c1. The molecule has 0 bridgehead atoms. The van der Waals surface area contributed by atoms with Crippen LogP contribution in [0.1, 0.15) is 15.9 Å². The molecular weight excluding hydrogens is 242 g/mol. The van der Waals surface area contributed by atoms with E-state index in [9.17, 15) is 9.59 Å². The molecule has 5 nitrogen and oxygen atoms in total. The first kappa shape index (κ1) is 12.9. The van der Waals surface area contributed by atoms with E-state index in [1.165, 1.54) is 12.3 Å². The van der Waals surface area contributed by atoms with Crippen LogP contribution in [0.3, 0.4) is 0 Å². The summed E-state index contributed by atoms with van der Waals surface area (Å²) in [5.41, 5.74) is 7.37. The molecule has 0 aliphatic carbocycles. The minimum absolute atomic E-state index is 0.192. The van der Waals surface area contributed by atoms with Crippen LogP contribution in [0.4, 0.5) is 5.69 Å². The molecule has 2 aromatic rings. The molecule has 2 rings (SSSR count). The summed E-state index contributed by atoms with van der Waals surface area (Å²) in [6, 6.07) is 10.2. The molecule has 0 saturated carbocycles. The Balaban J connectivity index is 2.11. The third-order valence-electron chi connectivity index (χ3n) is 2.77. The summed E-state index contributed by atoms with van der Waals surface area (Å²) in [5.74, 6) is -0.192. The summed E-state index contributed by atoms with van der Waals surface area (Å²) >= 11 is 0. The fourth-order valence-electron chi connectivity index (χ4n) is 1.77. The normalized spacial score (nSPS) is 10.2. The lowest BCUT2D eigenvalue weighted by atomic mass is 10.2. The highest BCUT2D eigenvalue weighted by atomic mass is 16.2. The van der Waals surface area contributed by atoms with Crippen LogP contribution in [0, 0.1) is 0 Å². The Morgan fingerprint density at radius 2 is 1.95 bits per heavy atom. The number of aromatic amines is 1. The minimum Gasteiger partial charge on any atom is -0.399 e. The Labute approximate surface area is 110 Å². The van der Waals surface area contributed by atoms with E-state index < -0.39 is 0 Å². The van der Waals surface area contributed by atoms with E-state index >= 15 is 0 Å². The van der Waals surface area contributed by atoms with Gasteiger partial charge in [0.15, 0.2) is 0 Å². The molecule has 0 atom stereocenters. The molecule has 0 fully saturated rings. The first-order chi connectivity index (χ1) is 9.06. The first-order valence-electron chi connectivity index (χ1n) is 5.85. The highest BCUT2D eigenvalue weighted by Crippen LogP contribution is 2.09. The van der Waals surface area contributed by atoms with Crippen molar-refractivity contribution in [2.24, 2.45) is 0 Å². The highest BCUT2D eigenvalue weighted by Gasteiger charge is 2.12. The number of carbonyl (C=O) groups excluding carboxylic acids is 1. The van der Waals surface area contributed by atoms with Crippen LogP contribution in [0.2, 0.25) is 0 Å². The number of amides is 1. The molecule has 3 N–H and O–H groups in total. The number of aromatic nitrogens is 1. The Morgan fingerprint density at radius 1 is 1.26 bits per heavy atom. The predicted molar refractivity (Wildman–Crippen MR) is 73.7 cm³/mol. The van der Waals surface area contributed by atoms with E-state index in [2.05, 4.69) is 4.98 Å². The van der Waals surface area contributed by atoms with E-state index in [0.717, 1.165) is 5.56 Å². The average molecular weight is 257 g/mol. The van der Waals surface area contributed by atoms with Crippen molar-refractivity contribution in [2.45, 2.75) is 6.54 Å². The second kappa shape index (κ2) is 5.39. The maximum absolute atomic E-state index is 12.1. The molecule has 0 saturated heterocycles. The van der Waals surface area contributed by atoms with E-state index in [-0.39, 0.29) is 11.5 Å². The number of benzene rings is 1. The number of anilines is 1. The summed E-state index contributed by atoms with van der Waals surface area (Å²) in [6.45, 7) is 0.464. The second-order valence-electron chi connectivity index (χ2n) is 4.34. The van der Waals surface area contributed by atoms with E-state index in [1.54, 1.807) is 30.1 Å². The number of hydrogen-bond acceptors (Lipinski definition) is 3. The van der Waals surface area contributed by atoms with E-state index in [0.29, 0.717) is 17.8 Å².